The van der Waals surface area contributed by atoms with Crippen LogP contribution in [0.2, 0.25) is 0 Å². The molecule has 0 bridgehead atoms. The number of amides is 1. The number of nitriles is 1. The maximum Gasteiger partial charge on any atom is 0.323 e. The Morgan fingerprint density at radius 1 is 1.21 bits per heavy atom. The largest absolute Gasteiger partial charge is 0.463 e. The van der Waals surface area contributed by atoms with Gasteiger partial charge < -0.3 is 35.1 Å². The molecule has 47 heavy (non-hydrogen) atoms. The molecule has 14 nitrogen and oxygen atoms in total. The Morgan fingerprint density at radius 2 is 1.94 bits per heavy atom. The van der Waals surface area contributed by atoms with Crippen LogP contribution >= 0.6 is 0 Å². The van der Waals surface area contributed by atoms with Crippen molar-refractivity contribution in [3.63, 3.8) is 0 Å². The van der Waals surface area contributed by atoms with Crippen molar-refractivity contribution < 1.29 is 38.4 Å². The van der Waals surface area contributed by atoms with Crippen molar-refractivity contribution in [2.45, 2.75) is 89.4 Å². The molecule has 5 atom stereocenters. The lowest BCUT2D eigenvalue weighted by Gasteiger charge is -2.26. The minimum atomic E-state index is -2.14. The Morgan fingerprint density at radius 3 is 2.60 bits per heavy atom. The lowest BCUT2D eigenvalue weighted by atomic mass is 9.92. The zero-order valence-corrected chi connectivity index (χ0v) is 27.2. The average molecular weight is 651 g/mol. The maximum absolute atomic E-state index is 13.1. The molecule has 3 aromatic rings. The number of unbranched alkanes of at least 4 members (excludes halogenated alkanes) is 1. The number of aliphatic hydroxyl groups is 1. The second kappa shape index (κ2) is 15.0. The van der Waals surface area contributed by atoms with Gasteiger partial charge in [0, 0.05) is 6.61 Å². The molecule has 1 fully saturated rings. The van der Waals surface area contributed by atoms with E-state index >= 15 is 0 Å². The minimum absolute atomic E-state index is 0.0304. The van der Waals surface area contributed by atoms with Crippen molar-refractivity contribution in [2.75, 3.05) is 18.5 Å². The number of fused-ring (bicyclic) bond motifs is 1. The molecule has 1 saturated heterocycles. The molecular weight excluding hydrogens is 608 g/mol. The lowest BCUT2D eigenvalue weighted by molar-refractivity contribution is -0.162. The van der Waals surface area contributed by atoms with Crippen molar-refractivity contribution in [2.24, 2.45) is 11.7 Å². The number of aromatic nitrogens is 3. The molecule has 252 valence electrons. The quantitative estimate of drug-likeness (QED) is 0.170. The van der Waals surface area contributed by atoms with Crippen LogP contribution in [0.1, 0.15) is 58.7 Å². The van der Waals surface area contributed by atoms with Gasteiger partial charge in [-0.05, 0) is 43.9 Å². The number of esters is 2. The van der Waals surface area contributed by atoms with E-state index in [0.717, 1.165) is 18.4 Å². The first kappa shape index (κ1) is 35.4. The van der Waals surface area contributed by atoms with E-state index < -0.39 is 60.0 Å². The number of ether oxygens (including phenoxy) is 4. The van der Waals surface area contributed by atoms with E-state index in [1.807, 2.05) is 19.1 Å². The van der Waals surface area contributed by atoms with E-state index in [0.29, 0.717) is 12.1 Å². The third-order valence-electron chi connectivity index (χ3n) is 8.01. The van der Waals surface area contributed by atoms with Crippen LogP contribution in [0.15, 0.2) is 48.8 Å². The smallest absolute Gasteiger partial charge is 0.323 e. The van der Waals surface area contributed by atoms with Gasteiger partial charge in [0.2, 0.25) is 5.60 Å². The normalized spacial score (nSPS) is 21.7. The van der Waals surface area contributed by atoms with Crippen LogP contribution < -0.4 is 11.1 Å². The number of nitrogens with one attached hydrogen (secondary N) is 1. The monoisotopic (exact) mass is 650 g/mol. The van der Waals surface area contributed by atoms with Gasteiger partial charge in [0.15, 0.2) is 11.9 Å². The van der Waals surface area contributed by atoms with Gasteiger partial charge in [0.05, 0.1) is 12.1 Å². The second-order valence-electron chi connectivity index (χ2n) is 12.3. The predicted molar refractivity (Wildman–Crippen MR) is 169 cm³/mol. The fourth-order valence-electron chi connectivity index (χ4n) is 5.02. The molecule has 0 unspecified atom stereocenters. The molecular formula is C33H42N6O8. The topological polar surface area (TPSA) is 200 Å². The summed E-state index contributed by atoms with van der Waals surface area (Å²) in [7, 11) is 0. The Hall–Kier alpha value is -4.42. The summed E-state index contributed by atoms with van der Waals surface area (Å²) < 4.78 is 24.3. The van der Waals surface area contributed by atoms with Crippen molar-refractivity contribution in [1.29, 1.82) is 5.26 Å². The van der Waals surface area contributed by atoms with E-state index in [-0.39, 0.29) is 23.9 Å². The Kier molecular flexibility index (Phi) is 11.3. The molecule has 3 heterocycles. The molecule has 4 rings (SSSR count). The van der Waals surface area contributed by atoms with Gasteiger partial charge in [0.25, 0.3) is 5.91 Å². The van der Waals surface area contributed by atoms with Gasteiger partial charge in [-0.15, -0.1) is 0 Å². The highest BCUT2D eigenvalue weighted by atomic mass is 16.6. The number of hydrogen-bond donors (Lipinski definition) is 3. The summed E-state index contributed by atoms with van der Waals surface area (Å²) in [6, 6.07) is 13.0. The second-order valence-corrected chi connectivity index (χ2v) is 12.3. The first-order valence-corrected chi connectivity index (χ1v) is 15.6. The number of aliphatic hydroxyl groups excluding tert-OH is 1. The summed E-state index contributed by atoms with van der Waals surface area (Å²) in [5.74, 6) is -2.02. The van der Waals surface area contributed by atoms with Crippen LogP contribution in [-0.2, 0) is 45.4 Å². The fourth-order valence-corrected chi connectivity index (χ4v) is 5.02. The Balaban J connectivity index is 1.64. The average Bonchev–Trinajstić information content (AvgIpc) is 3.60. The van der Waals surface area contributed by atoms with Crippen molar-refractivity contribution >= 4 is 29.2 Å². The number of nitrogens with two attached hydrogens (primary N) is 1. The van der Waals surface area contributed by atoms with Crippen molar-refractivity contribution in [3.05, 3.63) is 60.0 Å². The van der Waals surface area contributed by atoms with Gasteiger partial charge >= 0.3 is 11.9 Å². The number of carbonyl (C=O) groups excluding carboxylic acids is 3. The summed E-state index contributed by atoms with van der Waals surface area (Å²) in [4.78, 5) is 42.9. The van der Waals surface area contributed by atoms with E-state index in [2.05, 4.69) is 15.4 Å². The maximum atomic E-state index is 13.1. The zero-order chi connectivity index (χ0) is 34.4. The number of rotatable bonds is 14. The standard InChI is InChI=1S/C33H42N6O8/c1-6-7-15-45-32(4,5)31(43)38-29-22-13-14-24(39(22)37-19-36-29)33(18-34)28(41)27(46-30(42)26(35)20(2)3)23(47-33)17-44-25(40)16-21-11-9-8-10-12-21/h8-14,19-20,23,26-28,41H,6-7,15-17,35H2,1-5H3,(H,36,37,38,43)/t23-,26+,27-,28-,33+/m1/s1. The summed E-state index contributed by atoms with van der Waals surface area (Å²) >= 11 is 0. The molecule has 4 N–H and O–H groups in total. The van der Waals surface area contributed by atoms with E-state index in [4.69, 9.17) is 24.7 Å². The Labute approximate surface area is 273 Å². The first-order valence-electron chi connectivity index (χ1n) is 15.6. The molecule has 1 aliphatic heterocycles. The number of carbonyl (C=O) groups is 3. The zero-order valence-electron chi connectivity index (χ0n) is 27.2. The number of nitrogens with zero attached hydrogens (tertiary/aromatic N) is 4. The molecule has 0 saturated carbocycles. The van der Waals surface area contributed by atoms with E-state index in [1.165, 1.54) is 16.9 Å². The molecule has 1 aliphatic rings. The summed E-state index contributed by atoms with van der Waals surface area (Å²) in [6.07, 6.45) is -1.60. The molecule has 14 heteroatoms. The summed E-state index contributed by atoms with van der Waals surface area (Å²) in [5.41, 5.74) is 3.78. The van der Waals surface area contributed by atoms with Crippen LogP contribution in [0.3, 0.4) is 0 Å². The number of benzene rings is 1. The highest BCUT2D eigenvalue weighted by molar-refractivity contribution is 5.98. The summed E-state index contributed by atoms with van der Waals surface area (Å²) in [5, 5.41) is 29.2. The number of anilines is 1. The van der Waals surface area contributed by atoms with E-state index in [1.54, 1.807) is 58.0 Å². The third-order valence-corrected chi connectivity index (χ3v) is 8.01. The van der Waals surface area contributed by atoms with Crippen molar-refractivity contribution in [3.8, 4) is 6.07 Å². The molecule has 1 aromatic carbocycles. The van der Waals surface area contributed by atoms with Crippen molar-refractivity contribution in [1.82, 2.24) is 14.6 Å². The van der Waals surface area contributed by atoms with Crippen LogP contribution in [0, 0.1) is 17.2 Å². The molecule has 0 aliphatic carbocycles. The van der Waals surface area contributed by atoms with Crippen LogP contribution in [0.4, 0.5) is 5.82 Å². The lowest BCUT2D eigenvalue weighted by Crippen LogP contribution is -2.46. The van der Waals surface area contributed by atoms with Gasteiger partial charge in [-0.25, -0.2) is 9.50 Å². The van der Waals surface area contributed by atoms with Crippen LogP contribution in [0.5, 0.6) is 0 Å². The number of hydrogen-bond acceptors (Lipinski definition) is 12. The van der Waals surface area contributed by atoms with Gasteiger partial charge in [-0.3, -0.25) is 14.4 Å². The fraction of sp³-hybridized carbons (Fsp3) is 0.515. The minimum Gasteiger partial charge on any atom is -0.463 e. The molecule has 0 spiro atoms. The highest BCUT2D eigenvalue weighted by Gasteiger charge is 2.60. The van der Waals surface area contributed by atoms with Crippen LogP contribution in [0.25, 0.3) is 5.52 Å². The molecule has 1 amide bonds. The SMILES string of the molecule is CCCCOC(C)(C)C(=O)Nc1ncnn2c([C@]3(C#N)O[C@H](COC(=O)Cc4ccccc4)[C@@H](OC(=O)[C@@H](N)C(C)C)[C@H]3O)ccc12. The third kappa shape index (κ3) is 7.77. The van der Waals surface area contributed by atoms with E-state index in [9.17, 15) is 24.8 Å². The highest BCUT2D eigenvalue weighted by Crippen LogP contribution is 2.42. The Bertz CT molecular complexity index is 1600. The molecule has 0 radical (unpaired) electrons. The van der Waals surface area contributed by atoms with Gasteiger partial charge in [-0.1, -0.05) is 57.5 Å². The molecule has 2 aromatic heterocycles. The van der Waals surface area contributed by atoms with Crippen LogP contribution in [-0.4, -0.2) is 80.7 Å². The van der Waals surface area contributed by atoms with Gasteiger partial charge in [0.1, 0.15) is 48.4 Å². The van der Waals surface area contributed by atoms with Gasteiger partial charge in [-0.2, -0.15) is 10.4 Å². The summed E-state index contributed by atoms with van der Waals surface area (Å²) in [6.45, 7) is 8.74. The predicted octanol–water partition coefficient (Wildman–Crippen LogP) is 2.42. The first-order chi connectivity index (χ1) is 22.3.